The van der Waals surface area contributed by atoms with Gasteiger partial charge in [0, 0.05) is 26.4 Å². The van der Waals surface area contributed by atoms with Crippen molar-refractivity contribution in [3.8, 4) is 0 Å². The fraction of sp³-hybridized carbons (Fsp3) is 0.538. The zero-order valence-electron chi connectivity index (χ0n) is 11.0. The van der Waals surface area contributed by atoms with Gasteiger partial charge >= 0.3 is 9.28 Å². The Hall–Kier alpha value is -0.683. The molecule has 1 aromatic rings. The molecule has 0 aliphatic heterocycles. The molecule has 1 N–H and O–H groups in total. The highest BCUT2D eigenvalue weighted by molar-refractivity contribution is 6.46. The van der Waals surface area contributed by atoms with Crippen LogP contribution in [0.25, 0.3) is 0 Å². The lowest BCUT2D eigenvalue weighted by molar-refractivity contribution is 0.255. The summed E-state index contributed by atoms with van der Waals surface area (Å²) in [5.74, 6) is 0. The van der Waals surface area contributed by atoms with E-state index in [1.807, 2.05) is 6.07 Å². The number of hydrogen-bond acceptors (Lipinski definition) is 3. The van der Waals surface area contributed by atoms with Crippen molar-refractivity contribution in [1.29, 1.82) is 0 Å². The lowest BCUT2D eigenvalue weighted by Crippen LogP contribution is -2.45. The Morgan fingerprint density at radius 3 is 2.35 bits per heavy atom. The van der Waals surface area contributed by atoms with E-state index >= 15 is 0 Å². The minimum Gasteiger partial charge on any atom is -0.399 e. The molecule has 1 rings (SSSR count). The van der Waals surface area contributed by atoms with Gasteiger partial charge < -0.3 is 14.2 Å². The third-order valence-electron chi connectivity index (χ3n) is 2.80. The van der Waals surface area contributed by atoms with E-state index in [1.165, 1.54) is 5.56 Å². The molecule has 0 bridgehead atoms. The van der Waals surface area contributed by atoms with Crippen molar-refractivity contribution in [2.24, 2.45) is 0 Å². The van der Waals surface area contributed by atoms with Crippen molar-refractivity contribution in [2.45, 2.75) is 32.0 Å². The lowest BCUT2D eigenvalue weighted by Gasteiger charge is -2.23. The molecule has 0 heterocycles. The fourth-order valence-corrected chi connectivity index (χ4v) is 3.68. The molecule has 1 aromatic carbocycles. The van der Waals surface area contributed by atoms with Crippen molar-refractivity contribution in [3.05, 3.63) is 35.9 Å². The van der Waals surface area contributed by atoms with Gasteiger partial charge in [0.15, 0.2) is 0 Å². The van der Waals surface area contributed by atoms with Crippen molar-refractivity contribution >= 4 is 9.28 Å². The minimum atomic E-state index is -1.58. The quantitative estimate of drug-likeness (QED) is 0.719. The van der Waals surface area contributed by atoms with Crippen LogP contribution in [0.15, 0.2) is 30.3 Å². The number of hydrogen-bond donors (Lipinski definition) is 1. The third-order valence-corrected chi connectivity index (χ3v) is 4.96. The predicted octanol–water partition coefficient (Wildman–Crippen LogP) is 2.00. The Morgan fingerprint density at radius 2 is 1.82 bits per heavy atom. The van der Waals surface area contributed by atoms with Gasteiger partial charge in [-0.3, -0.25) is 0 Å². The molecular weight excluding hydrogens is 230 g/mol. The largest absolute Gasteiger partial charge is 0.399 e. The molecule has 0 aromatic heterocycles. The smallest absolute Gasteiger partial charge is 0.338 e. The van der Waals surface area contributed by atoms with Gasteiger partial charge in [-0.2, -0.15) is 0 Å². The average molecular weight is 253 g/mol. The van der Waals surface area contributed by atoms with E-state index in [9.17, 15) is 0 Å². The van der Waals surface area contributed by atoms with Gasteiger partial charge in [0.1, 0.15) is 0 Å². The molecule has 96 valence electrons. The molecule has 0 amide bonds. The van der Waals surface area contributed by atoms with Gasteiger partial charge in [0.25, 0.3) is 0 Å². The molecule has 0 saturated carbocycles. The van der Waals surface area contributed by atoms with Crippen molar-refractivity contribution < 1.29 is 8.85 Å². The van der Waals surface area contributed by atoms with Crippen LogP contribution in [0.1, 0.15) is 25.3 Å². The molecule has 0 aliphatic rings. The number of rotatable bonds is 8. The maximum Gasteiger partial charge on any atom is 0.338 e. The van der Waals surface area contributed by atoms with Gasteiger partial charge in [-0.25, -0.2) is 0 Å². The Morgan fingerprint density at radius 1 is 1.18 bits per heavy atom. The first-order chi connectivity index (χ1) is 8.31. The van der Waals surface area contributed by atoms with Crippen molar-refractivity contribution in [3.63, 3.8) is 0 Å². The van der Waals surface area contributed by atoms with Crippen molar-refractivity contribution in [2.75, 3.05) is 14.2 Å². The van der Waals surface area contributed by atoms with Crippen LogP contribution < -0.4 is 5.32 Å². The number of nitrogens with one attached hydrogen (secondary N) is 1. The van der Waals surface area contributed by atoms with Crippen molar-refractivity contribution in [1.82, 2.24) is 5.32 Å². The molecular formula is C13H23NO2Si. The number of benzene rings is 1. The van der Waals surface area contributed by atoms with E-state index in [0.29, 0.717) is 5.67 Å². The van der Waals surface area contributed by atoms with Gasteiger partial charge in [-0.15, -0.1) is 0 Å². The van der Waals surface area contributed by atoms with Gasteiger partial charge in [-0.05, 0) is 12.0 Å². The topological polar surface area (TPSA) is 30.5 Å². The zero-order valence-corrected chi connectivity index (χ0v) is 12.1. The van der Waals surface area contributed by atoms with E-state index in [2.05, 4.69) is 36.5 Å². The first-order valence-electron chi connectivity index (χ1n) is 6.14. The summed E-state index contributed by atoms with van der Waals surface area (Å²) >= 11 is 0. The van der Waals surface area contributed by atoms with Crippen LogP contribution in [-0.2, 0) is 15.4 Å². The molecule has 1 atom stereocenters. The van der Waals surface area contributed by atoms with Gasteiger partial charge in [0.05, 0.1) is 0 Å². The highest BCUT2D eigenvalue weighted by atomic mass is 28.3. The summed E-state index contributed by atoms with van der Waals surface area (Å²) in [6.45, 7) is 3.07. The Balaban J connectivity index is 2.49. The molecule has 0 saturated heterocycles. The van der Waals surface area contributed by atoms with Crippen LogP contribution in [0.4, 0.5) is 0 Å². The maximum atomic E-state index is 5.46. The molecule has 0 spiro atoms. The van der Waals surface area contributed by atoms with E-state index in [1.54, 1.807) is 14.2 Å². The highest BCUT2D eigenvalue weighted by Crippen LogP contribution is 2.05. The SMILES string of the molecule is CCCC(NCc1ccccc1)[SiH](OC)OC. The fourth-order valence-electron chi connectivity index (χ4n) is 1.91. The van der Waals surface area contributed by atoms with Crippen LogP contribution in [0.5, 0.6) is 0 Å². The van der Waals surface area contributed by atoms with Crippen LogP contribution in [0.3, 0.4) is 0 Å². The van der Waals surface area contributed by atoms with Crippen LogP contribution in [0.2, 0.25) is 0 Å². The standard InChI is InChI=1S/C13H23NO2Si/c1-4-8-13(17(15-2)16-3)14-11-12-9-6-5-7-10-12/h5-7,9-10,13-14,17H,4,8,11H2,1-3H3. The molecule has 0 aliphatic carbocycles. The second kappa shape index (κ2) is 8.41. The Bertz CT molecular complexity index is 291. The van der Waals surface area contributed by atoms with E-state index in [-0.39, 0.29) is 0 Å². The monoisotopic (exact) mass is 253 g/mol. The maximum absolute atomic E-state index is 5.46. The zero-order chi connectivity index (χ0) is 12.5. The summed E-state index contributed by atoms with van der Waals surface area (Å²) < 4.78 is 10.9. The summed E-state index contributed by atoms with van der Waals surface area (Å²) in [4.78, 5) is 0. The molecule has 1 unspecified atom stereocenters. The van der Waals surface area contributed by atoms with E-state index in [0.717, 1.165) is 19.4 Å². The van der Waals surface area contributed by atoms with Crippen LogP contribution in [0, 0.1) is 0 Å². The van der Waals surface area contributed by atoms with E-state index in [4.69, 9.17) is 8.85 Å². The first kappa shape index (κ1) is 14.4. The summed E-state index contributed by atoms with van der Waals surface area (Å²) in [6, 6.07) is 10.4. The van der Waals surface area contributed by atoms with E-state index < -0.39 is 9.28 Å². The highest BCUT2D eigenvalue weighted by Gasteiger charge is 2.22. The average Bonchev–Trinajstić information content (AvgIpc) is 2.38. The third kappa shape index (κ3) is 5.00. The molecule has 4 heteroatoms. The second-order valence-corrected chi connectivity index (χ2v) is 6.59. The first-order valence-corrected chi connectivity index (χ1v) is 7.75. The Kier molecular flexibility index (Phi) is 7.12. The summed E-state index contributed by atoms with van der Waals surface area (Å²) in [7, 11) is 1.91. The molecule has 0 fully saturated rings. The van der Waals surface area contributed by atoms with Gasteiger partial charge in [-0.1, -0.05) is 43.7 Å². The van der Waals surface area contributed by atoms with Gasteiger partial charge in [0.2, 0.25) is 0 Å². The summed E-state index contributed by atoms with van der Waals surface area (Å²) in [5, 5.41) is 3.55. The molecule has 3 nitrogen and oxygen atoms in total. The van der Waals surface area contributed by atoms with Crippen LogP contribution >= 0.6 is 0 Å². The van der Waals surface area contributed by atoms with Crippen LogP contribution in [-0.4, -0.2) is 29.2 Å². The molecule has 17 heavy (non-hydrogen) atoms. The minimum absolute atomic E-state index is 0.371. The predicted molar refractivity (Wildman–Crippen MR) is 73.1 cm³/mol. The molecule has 0 radical (unpaired) electrons. The second-order valence-electron chi connectivity index (χ2n) is 4.10. The Labute approximate surface area is 106 Å². The lowest BCUT2D eigenvalue weighted by atomic mass is 10.2. The summed E-state index contributed by atoms with van der Waals surface area (Å²) in [6.07, 6.45) is 2.24. The normalized spacial score (nSPS) is 12.9. The summed E-state index contributed by atoms with van der Waals surface area (Å²) in [5.41, 5.74) is 1.67.